The molecule has 0 bridgehead atoms. The fourth-order valence-corrected chi connectivity index (χ4v) is 2.10. The van der Waals surface area contributed by atoms with Crippen molar-refractivity contribution in [1.29, 1.82) is 0 Å². The quantitative estimate of drug-likeness (QED) is 0.633. The topological polar surface area (TPSA) is 61.8 Å². The van der Waals surface area contributed by atoms with Gasteiger partial charge in [0.05, 0.1) is 13.2 Å². The summed E-state index contributed by atoms with van der Waals surface area (Å²) in [5, 5.41) is 0. The van der Waals surface area contributed by atoms with Gasteiger partial charge in [-0.05, 0) is 20.8 Å². The predicted octanol–water partition coefficient (Wildman–Crippen LogP) is 0.462. The lowest BCUT2D eigenvalue weighted by Gasteiger charge is -2.16. The van der Waals surface area contributed by atoms with E-state index in [1.807, 2.05) is 0 Å². The summed E-state index contributed by atoms with van der Waals surface area (Å²) in [5.41, 5.74) is -0.998. The minimum absolute atomic E-state index is 0.0231. The first kappa shape index (κ1) is 10.9. The van der Waals surface area contributed by atoms with Crippen molar-refractivity contribution in [2.45, 2.75) is 32.0 Å². The molecule has 5 nitrogen and oxygen atoms in total. The molecule has 0 aliphatic carbocycles. The second kappa shape index (κ2) is 3.53. The van der Waals surface area contributed by atoms with Crippen molar-refractivity contribution in [1.82, 2.24) is 0 Å². The molecule has 1 aliphatic heterocycles. The first-order chi connectivity index (χ1) is 5.87. The predicted molar refractivity (Wildman–Crippen MR) is 45.4 cm³/mol. The third kappa shape index (κ3) is 2.63. The van der Waals surface area contributed by atoms with Crippen molar-refractivity contribution in [3.05, 3.63) is 0 Å². The van der Waals surface area contributed by atoms with Gasteiger partial charge in [0.25, 0.3) is 10.1 Å². The molecule has 0 aromatic heterocycles. The molecule has 0 saturated carbocycles. The normalized spacial score (nSPS) is 27.8. The standard InChI is InChI=1S/C7H14O5S/c1-4-11-13(8,9)6-5-10-7(2,3)12-6/h6H,4-5H2,1-3H3/t6-/m0/s1. The zero-order valence-electron chi connectivity index (χ0n) is 7.94. The maximum absolute atomic E-state index is 11.3. The van der Waals surface area contributed by atoms with Crippen molar-refractivity contribution in [3.8, 4) is 0 Å². The van der Waals surface area contributed by atoms with Crippen LogP contribution in [0.2, 0.25) is 0 Å². The zero-order valence-corrected chi connectivity index (χ0v) is 8.76. The van der Waals surface area contributed by atoms with E-state index in [2.05, 4.69) is 4.18 Å². The Balaban J connectivity index is 2.66. The average Bonchev–Trinajstić information content (AvgIpc) is 2.30. The Bertz CT molecular complexity index is 269. The van der Waals surface area contributed by atoms with E-state index in [0.717, 1.165) is 0 Å². The minimum Gasteiger partial charge on any atom is -0.347 e. The van der Waals surface area contributed by atoms with Gasteiger partial charge in [-0.1, -0.05) is 0 Å². The van der Waals surface area contributed by atoms with E-state index >= 15 is 0 Å². The van der Waals surface area contributed by atoms with Crippen LogP contribution in [0.5, 0.6) is 0 Å². The van der Waals surface area contributed by atoms with Gasteiger partial charge in [0.15, 0.2) is 5.79 Å². The summed E-state index contributed by atoms with van der Waals surface area (Å²) in [5.74, 6) is -0.838. The van der Waals surface area contributed by atoms with Crippen LogP contribution < -0.4 is 0 Å². The van der Waals surface area contributed by atoms with Crippen LogP contribution in [0.25, 0.3) is 0 Å². The lowest BCUT2D eigenvalue weighted by molar-refractivity contribution is -0.130. The molecule has 78 valence electrons. The van der Waals surface area contributed by atoms with E-state index in [0.29, 0.717) is 0 Å². The monoisotopic (exact) mass is 210 g/mol. The van der Waals surface area contributed by atoms with Gasteiger partial charge in [0.1, 0.15) is 0 Å². The number of hydrogen-bond donors (Lipinski definition) is 0. The maximum atomic E-state index is 11.3. The molecular formula is C7H14O5S. The first-order valence-corrected chi connectivity index (χ1v) is 5.54. The number of rotatable bonds is 3. The van der Waals surface area contributed by atoms with Crippen LogP contribution in [-0.4, -0.2) is 32.9 Å². The lowest BCUT2D eigenvalue weighted by Crippen LogP contribution is -2.28. The van der Waals surface area contributed by atoms with Gasteiger partial charge in [-0.15, -0.1) is 0 Å². The molecule has 0 amide bonds. The van der Waals surface area contributed by atoms with Gasteiger partial charge >= 0.3 is 0 Å². The number of hydrogen-bond acceptors (Lipinski definition) is 5. The Morgan fingerprint density at radius 3 is 2.54 bits per heavy atom. The smallest absolute Gasteiger partial charge is 0.297 e. The second-order valence-electron chi connectivity index (χ2n) is 3.16. The van der Waals surface area contributed by atoms with Crippen molar-refractivity contribution in [2.24, 2.45) is 0 Å². The molecule has 0 aromatic rings. The molecule has 1 rings (SSSR count). The summed E-state index contributed by atoms with van der Waals surface area (Å²) in [7, 11) is -3.63. The second-order valence-corrected chi connectivity index (χ2v) is 4.90. The molecule has 1 saturated heterocycles. The molecule has 1 fully saturated rings. The van der Waals surface area contributed by atoms with Crippen molar-refractivity contribution < 1.29 is 22.1 Å². The van der Waals surface area contributed by atoms with Crippen LogP contribution in [0, 0.1) is 0 Å². The van der Waals surface area contributed by atoms with E-state index in [4.69, 9.17) is 9.47 Å². The Hall–Kier alpha value is -0.170. The zero-order chi connectivity index (χ0) is 10.1. The van der Waals surface area contributed by atoms with E-state index in [9.17, 15) is 8.42 Å². The van der Waals surface area contributed by atoms with Crippen LogP contribution in [-0.2, 0) is 23.8 Å². The van der Waals surface area contributed by atoms with Gasteiger partial charge in [-0.3, -0.25) is 4.18 Å². The summed E-state index contributed by atoms with van der Waals surface area (Å²) in [4.78, 5) is 0. The number of ether oxygens (including phenoxy) is 2. The fourth-order valence-electron chi connectivity index (χ4n) is 1.04. The molecule has 0 spiro atoms. The summed E-state index contributed by atoms with van der Waals surface area (Å²) in [6.07, 6.45) is 0. The molecule has 0 unspecified atom stereocenters. The highest BCUT2D eigenvalue weighted by atomic mass is 32.2. The van der Waals surface area contributed by atoms with E-state index in [-0.39, 0.29) is 13.2 Å². The maximum Gasteiger partial charge on any atom is 0.297 e. The fraction of sp³-hybridized carbons (Fsp3) is 1.00. The Morgan fingerprint density at radius 2 is 2.15 bits per heavy atom. The lowest BCUT2D eigenvalue weighted by atomic mass is 10.4. The van der Waals surface area contributed by atoms with Crippen molar-refractivity contribution in [2.75, 3.05) is 13.2 Å². The van der Waals surface area contributed by atoms with Gasteiger partial charge in [0, 0.05) is 0 Å². The van der Waals surface area contributed by atoms with Gasteiger partial charge in [-0.25, -0.2) is 0 Å². The highest BCUT2D eigenvalue weighted by Crippen LogP contribution is 2.25. The van der Waals surface area contributed by atoms with Gasteiger partial charge < -0.3 is 9.47 Å². The molecule has 0 N–H and O–H groups in total. The van der Waals surface area contributed by atoms with Gasteiger partial charge in [-0.2, -0.15) is 8.42 Å². The third-order valence-corrected chi connectivity index (χ3v) is 3.03. The van der Waals surface area contributed by atoms with Crippen LogP contribution in [0.15, 0.2) is 0 Å². The summed E-state index contributed by atoms with van der Waals surface area (Å²) < 4.78 is 37.4. The van der Waals surface area contributed by atoms with Crippen molar-refractivity contribution >= 4 is 10.1 Å². The largest absolute Gasteiger partial charge is 0.347 e. The molecule has 0 radical (unpaired) electrons. The molecule has 6 heteroatoms. The molecule has 1 atom stereocenters. The van der Waals surface area contributed by atoms with Crippen LogP contribution in [0.1, 0.15) is 20.8 Å². The summed E-state index contributed by atoms with van der Waals surface area (Å²) in [6, 6.07) is 0. The molecule has 1 heterocycles. The molecular weight excluding hydrogens is 196 g/mol. The Kier molecular flexibility index (Phi) is 2.96. The van der Waals surface area contributed by atoms with Crippen LogP contribution >= 0.6 is 0 Å². The third-order valence-electron chi connectivity index (χ3n) is 1.59. The minimum atomic E-state index is -3.63. The average molecular weight is 210 g/mol. The van der Waals surface area contributed by atoms with E-state index < -0.39 is 21.3 Å². The highest BCUT2D eigenvalue weighted by molar-refractivity contribution is 7.87. The van der Waals surface area contributed by atoms with E-state index in [1.54, 1.807) is 20.8 Å². The molecule has 1 aliphatic rings. The van der Waals surface area contributed by atoms with Crippen LogP contribution in [0.4, 0.5) is 0 Å². The summed E-state index contributed by atoms with van der Waals surface area (Å²) >= 11 is 0. The van der Waals surface area contributed by atoms with Gasteiger partial charge in [0.2, 0.25) is 5.44 Å². The molecule has 13 heavy (non-hydrogen) atoms. The van der Waals surface area contributed by atoms with Crippen LogP contribution in [0.3, 0.4) is 0 Å². The first-order valence-electron chi connectivity index (χ1n) is 4.07. The summed E-state index contributed by atoms with van der Waals surface area (Å²) in [6.45, 7) is 5.07. The van der Waals surface area contributed by atoms with E-state index in [1.165, 1.54) is 0 Å². The van der Waals surface area contributed by atoms with Crippen molar-refractivity contribution in [3.63, 3.8) is 0 Å². The Morgan fingerprint density at radius 1 is 1.54 bits per heavy atom. The highest BCUT2D eigenvalue weighted by Gasteiger charge is 2.41. The SMILES string of the molecule is CCOS(=O)(=O)[C@H]1COC(C)(C)O1. The Labute approximate surface area is 78.1 Å². The molecule has 0 aromatic carbocycles.